The van der Waals surface area contributed by atoms with Gasteiger partial charge in [0, 0.05) is 22.2 Å². The van der Waals surface area contributed by atoms with Gasteiger partial charge in [-0.2, -0.15) is 4.98 Å². The number of nitrogens with zero attached hydrogens (tertiary/aromatic N) is 2. The van der Waals surface area contributed by atoms with E-state index in [2.05, 4.69) is 25.9 Å². The summed E-state index contributed by atoms with van der Waals surface area (Å²) >= 11 is 3.25. The summed E-state index contributed by atoms with van der Waals surface area (Å²) in [6.45, 7) is 5.82. The Hall–Kier alpha value is -1.95. The minimum atomic E-state index is -1.05. The zero-order valence-electron chi connectivity index (χ0n) is 11.9. The summed E-state index contributed by atoms with van der Waals surface area (Å²) < 4.78 is 6.32. The topological polar surface area (TPSA) is 72.3 Å². The van der Waals surface area contributed by atoms with Crippen molar-refractivity contribution in [2.24, 2.45) is 0 Å². The van der Waals surface area contributed by atoms with Crippen LogP contribution in [-0.4, -0.2) is 21.0 Å². The van der Waals surface area contributed by atoms with E-state index in [1.165, 1.54) is 6.07 Å². The van der Waals surface area contributed by atoms with Crippen LogP contribution >= 0.6 is 15.9 Å². The summed E-state index contributed by atoms with van der Waals surface area (Å²) in [5.74, 6) is 0.366. The maximum Gasteiger partial charge on any atom is 0.339 e. The van der Waals surface area contributed by atoms with Crippen molar-refractivity contribution >= 4 is 21.9 Å². The Morgan fingerprint density at radius 2 is 2.00 bits per heavy atom. The zero-order chi connectivity index (χ0) is 15.6. The van der Waals surface area contributed by atoms with Gasteiger partial charge >= 0.3 is 5.97 Å². The third-order valence-corrected chi connectivity index (χ3v) is 3.24. The number of aromatic nitrogens is 2. The molecule has 0 bridgehead atoms. The molecule has 0 radical (unpaired) electrons. The van der Waals surface area contributed by atoms with Crippen LogP contribution < -0.4 is 4.74 Å². The summed E-state index contributed by atoms with van der Waals surface area (Å²) in [6.07, 6.45) is 0. The molecule has 0 aliphatic rings. The maximum atomic E-state index is 11.3. The molecule has 0 fully saturated rings. The molecule has 5 nitrogen and oxygen atoms in total. The van der Waals surface area contributed by atoms with E-state index in [-0.39, 0.29) is 17.2 Å². The van der Waals surface area contributed by atoms with Crippen molar-refractivity contribution in [3.63, 3.8) is 0 Å². The Bertz CT molecular complexity index is 687. The lowest BCUT2D eigenvalue weighted by Crippen LogP contribution is -2.04. The highest BCUT2D eigenvalue weighted by molar-refractivity contribution is 9.10. The first-order valence-electron chi connectivity index (χ1n) is 6.43. The van der Waals surface area contributed by atoms with Crippen LogP contribution in [-0.2, 0) is 0 Å². The smallest absolute Gasteiger partial charge is 0.339 e. The fourth-order valence-electron chi connectivity index (χ4n) is 1.74. The Morgan fingerprint density at radius 3 is 2.62 bits per heavy atom. The third kappa shape index (κ3) is 3.78. The predicted molar refractivity (Wildman–Crippen MR) is 82.0 cm³/mol. The molecular formula is C15H15BrN2O3. The van der Waals surface area contributed by atoms with Crippen LogP contribution in [0.4, 0.5) is 0 Å². The lowest BCUT2D eigenvalue weighted by molar-refractivity contribution is 0.0694. The van der Waals surface area contributed by atoms with Crippen LogP contribution in [0.1, 0.15) is 41.6 Å². The molecule has 21 heavy (non-hydrogen) atoms. The first-order valence-corrected chi connectivity index (χ1v) is 7.22. The van der Waals surface area contributed by atoms with E-state index < -0.39 is 5.97 Å². The zero-order valence-corrected chi connectivity index (χ0v) is 13.5. The summed E-state index contributed by atoms with van der Waals surface area (Å²) in [7, 11) is 0. The molecule has 0 unspecified atom stereocenters. The molecule has 0 amide bonds. The van der Waals surface area contributed by atoms with E-state index >= 15 is 0 Å². The van der Waals surface area contributed by atoms with Crippen molar-refractivity contribution in [2.45, 2.75) is 26.7 Å². The molecule has 1 heterocycles. The highest BCUT2D eigenvalue weighted by atomic mass is 79.9. The van der Waals surface area contributed by atoms with Crippen molar-refractivity contribution in [3.05, 3.63) is 45.8 Å². The van der Waals surface area contributed by atoms with E-state index in [4.69, 9.17) is 4.74 Å². The first-order chi connectivity index (χ1) is 9.86. The summed E-state index contributed by atoms with van der Waals surface area (Å²) in [4.78, 5) is 19.9. The Morgan fingerprint density at radius 1 is 1.29 bits per heavy atom. The fourth-order valence-corrected chi connectivity index (χ4v) is 2.10. The average Bonchev–Trinajstić information content (AvgIpc) is 2.40. The molecule has 1 aromatic carbocycles. The Balaban J connectivity index is 2.41. The second kappa shape index (κ2) is 6.22. The monoisotopic (exact) mass is 350 g/mol. The molecule has 0 atom stereocenters. The van der Waals surface area contributed by atoms with Gasteiger partial charge in [0.25, 0.3) is 0 Å². The van der Waals surface area contributed by atoms with Gasteiger partial charge in [0.2, 0.25) is 5.88 Å². The number of carboxylic acid groups (broad SMARTS) is 1. The Kier molecular flexibility index (Phi) is 4.57. The number of halogens is 1. The van der Waals surface area contributed by atoms with Crippen LogP contribution in [0.15, 0.2) is 28.7 Å². The molecular weight excluding hydrogens is 336 g/mol. The number of aromatic carboxylic acids is 1. The van der Waals surface area contributed by atoms with Gasteiger partial charge in [0.1, 0.15) is 17.1 Å². The number of hydrogen-bond donors (Lipinski definition) is 1. The van der Waals surface area contributed by atoms with Gasteiger partial charge in [-0.3, -0.25) is 0 Å². The van der Waals surface area contributed by atoms with E-state index in [1.54, 1.807) is 18.2 Å². The number of ether oxygens (including phenoxy) is 1. The lowest BCUT2D eigenvalue weighted by Gasteiger charge is -2.11. The standard InChI is InChI=1S/C15H15BrN2O3/c1-8(2)14-17-9(3)6-13(18-14)21-12-5-4-10(16)7-11(12)15(19)20/h4-8H,1-3H3,(H,19,20). The second-order valence-electron chi connectivity index (χ2n) is 4.91. The van der Waals surface area contributed by atoms with E-state index in [1.807, 2.05) is 20.8 Å². The largest absolute Gasteiger partial charge is 0.478 e. The van der Waals surface area contributed by atoms with Crippen molar-refractivity contribution in [1.82, 2.24) is 9.97 Å². The van der Waals surface area contributed by atoms with Crippen LogP contribution in [0, 0.1) is 6.92 Å². The van der Waals surface area contributed by atoms with Crippen LogP contribution in [0.2, 0.25) is 0 Å². The van der Waals surface area contributed by atoms with Crippen molar-refractivity contribution in [1.29, 1.82) is 0 Å². The highest BCUT2D eigenvalue weighted by Crippen LogP contribution is 2.28. The maximum absolute atomic E-state index is 11.3. The van der Waals surface area contributed by atoms with Gasteiger partial charge in [-0.05, 0) is 25.1 Å². The molecule has 0 spiro atoms. The molecule has 0 saturated heterocycles. The van der Waals surface area contributed by atoms with Crippen molar-refractivity contribution < 1.29 is 14.6 Å². The third-order valence-electron chi connectivity index (χ3n) is 2.75. The fraction of sp³-hybridized carbons (Fsp3) is 0.267. The van der Waals surface area contributed by atoms with Crippen molar-refractivity contribution in [3.8, 4) is 11.6 Å². The number of benzene rings is 1. The van der Waals surface area contributed by atoms with Gasteiger partial charge in [0.15, 0.2) is 0 Å². The molecule has 0 aliphatic carbocycles. The molecule has 6 heteroatoms. The van der Waals surface area contributed by atoms with Gasteiger partial charge in [-0.1, -0.05) is 29.8 Å². The SMILES string of the molecule is Cc1cc(Oc2ccc(Br)cc2C(=O)O)nc(C(C)C)n1. The lowest BCUT2D eigenvalue weighted by atomic mass is 10.2. The van der Waals surface area contributed by atoms with E-state index in [0.29, 0.717) is 16.2 Å². The van der Waals surface area contributed by atoms with Gasteiger partial charge in [-0.15, -0.1) is 0 Å². The van der Waals surface area contributed by atoms with Crippen LogP contribution in [0.5, 0.6) is 11.6 Å². The Labute approximate surface area is 131 Å². The van der Waals surface area contributed by atoms with Crippen LogP contribution in [0.3, 0.4) is 0 Å². The van der Waals surface area contributed by atoms with Gasteiger partial charge < -0.3 is 9.84 Å². The molecule has 2 rings (SSSR count). The predicted octanol–water partition coefficient (Wildman–Crippen LogP) is 4.16. The number of carbonyl (C=O) groups is 1. The molecule has 0 aliphatic heterocycles. The minimum Gasteiger partial charge on any atom is -0.478 e. The minimum absolute atomic E-state index is 0.0757. The van der Waals surface area contributed by atoms with Gasteiger partial charge in [0.05, 0.1) is 0 Å². The van der Waals surface area contributed by atoms with Gasteiger partial charge in [-0.25, -0.2) is 9.78 Å². The summed E-state index contributed by atoms with van der Waals surface area (Å²) in [6, 6.07) is 6.49. The number of carboxylic acids is 1. The quantitative estimate of drug-likeness (QED) is 0.895. The summed E-state index contributed by atoms with van der Waals surface area (Å²) in [5, 5.41) is 9.23. The van der Waals surface area contributed by atoms with E-state index in [9.17, 15) is 9.90 Å². The number of hydrogen-bond acceptors (Lipinski definition) is 4. The average molecular weight is 351 g/mol. The first kappa shape index (κ1) is 15.4. The molecule has 1 N–H and O–H groups in total. The molecule has 1 aromatic heterocycles. The van der Waals surface area contributed by atoms with E-state index in [0.717, 1.165) is 5.69 Å². The number of aryl methyl sites for hydroxylation is 1. The molecule has 2 aromatic rings. The summed E-state index contributed by atoms with van der Waals surface area (Å²) in [5.41, 5.74) is 0.851. The molecule has 110 valence electrons. The number of rotatable bonds is 4. The van der Waals surface area contributed by atoms with Crippen LogP contribution in [0.25, 0.3) is 0 Å². The van der Waals surface area contributed by atoms with Crippen molar-refractivity contribution in [2.75, 3.05) is 0 Å². The second-order valence-corrected chi connectivity index (χ2v) is 5.82. The normalized spacial score (nSPS) is 10.7. The highest BCUT2D eigenvalue weighted by Gasteiger charge is 2.14. The molecule has 0 saturated carbocycles.